The lowest BCUT2D eigenvalue weighted by atomic mass is 10.1. The van der Waals surface area contributed by atoms with E-state index in [2.05, 4.69) is 34.1 Å². The summed E-state index contributed by atoms with van der Waals surface area (Å²) in [6, 6.07) is 14.2. The van der Waals surface area contributed by atoms with E-state index >= 15 is 0 Å². The van der Waals surface area contributed by atoms with Gasteiger partial charge in [-0.25, -0.2) is 0 Å². The average Bonchev–Trinajstić information content (AvgIpc) is 3.01. The Hall–Kier alpha value is -1.91. The molecule has 0 amide bonds. The Morgan fingerprint density at radius 3 is 2.82 bits per heavy atom. The monoisotopic (exact) mass is 298 g/mol. The van der Waals surface area contributed by atoms with Gasteiger partial charge < -0.3 is 9.47 Å². The molecule has 4 nitrogen and oxygen atoms in total. The van der Waals surface area contributed by atoms with Gasteiger partial charge in [0, 0.05) is 32.9 Å². The molecular formula is C18H22N2O2. The van der Waals surface area contributed by atoms with E-state index in [9.17, 15) is 0 Å². The van der Waals surface area contributed by atoms with E-state index in [1.54, 1.807) is 19.5 Å². The highest BCUT2D eigenvalue weighted by Crippen LogP contribution is 2.22. The molecule has 2 heterocycles. The summed E-state index contributed by atoms with van der Waals surface area (Å²) in [5.74, 6) is 0.848. The fourth-order valence-electron chi connectivity index (χ4n) is 2.89. The van der Waals surface area contributed by atoms with Crippen molar-refractivity contribution in [3.8, 4) is 5.75 Å². The topological polar surface area (TPSA) is 34.6 Å². The molecule has 1 aliphatic rings. The molecule has 0 spiro atoms. The Kier molecular flexibility index (Phi) is 5.03. The van der Waals surface area contributed by atoms with Gasteiger partial charge in [-0.1, -0.05) is 30.3 Å². The number of benzene rings is 1. The smallest absolute Gasteiger partial charge is 0.138 e. The second-order valence-electron chi connectivity index (χ2n) is 5.61. The summed E-state index contributed by atoms with van der Waals surface area (Å²) in [5.41, 5.74) is 1.22. The van der Waals surface area contributed by atoms with Crippen LogP contribution in [0.25, 0.3) is 0 Å². The third-order valence-corrected chi connectivity index (χ3v) is 4.05. The first-order valence-electron chi connectivity index (χ1n) is 7.72. The second kappa shape index (κ2) is 7.38. The zero-order chi connectivity index (χ0) is 15.2. The SMILES string of the molecule is CO[C@@H](CN1CC[C@@H](Oc2cccnc2)C1)c1ccccc1. The van der Waals surface area contributed by atoms with Crippen molar-refractivity contribution in [2.75, 3.05) is 26.7 Å². The van der Waals surface area contributed by atoms with Gasteiger partial charge >= 0.3 is 0 Å². The lowest BCUT2D eigenvalue weighted by Crippen LogP contribution is -2.29. The minimum absolute atomic E-state index is 0.110. The molecule has 4 heteroatoms. The van der Waals surface area contributed by atoms with Crippen LogP contribution in [0.3, 0.4) is 0 Å². The van der Waals surface area contributed by atoms with Crippen LogP contribution in [-0.2, 0) is 4.74 Å². The standard InChI is InChI=1S/C18H22N2O2/c1-21-18(15-6-3-2-4-7-15)14-20-11-9-17(13-20)22-16-8-5-10-19-12-16/h2-8,10,12,17-18H,9,11,13-14H2,1H3/t17-,18+/m1/s1. The van der Waals surface area contributed by atoms with Crippen molar-refractivity contribution >= 4 is 0 Å². The predicted molar refractivity (Wildman–Crippen MR) is 85.9 cm³/mol. The Morgan fingerprint density at radius 1 is 1.23 bits per heavy atom. The van der Waals surface area contributed by atoms with Gasteiger partial charge in [0.2, 0.25) is 0 Å². The van der Waals surface area contributed by atoms with E-state index in [1.807, 2.05) is 18.2 Å². The summed E-state index contributed by atoms with van der Waals surface area (Å²) in [6.07, 6.45) is 4.91. The quantitative estimate of drug-likeness (QED) is 0.821. The van der Waals surface area contributed by atoms with Crippen molar-refractivity contribution in [1.82, 2.24) is 9.88 Å². The van der Waals surface area contributed by atoms with E-state index < -0.39 is 0 Å². The molecule has 1 aliphatic heterocycles. The van der Waals surface area contributed by atoms with Crippen molar-refractivity contribution in [1.29, 1.82) is 0 Å². The van der Waals surface area contributed by atoms with Crippen LogP contribution in [0, 0.1) is 0 Å². The van der Waals surface area contributed by atoms with Crippen molar-refractivity contribution < 1.29 is 9.47 Å². The van der Waals surface area contributed by atoms with Crippen LogP contribution in [0.4, 0.5) is 0 Å². The molecule has 3 rings (SSSR count). The lowest BCUT2D eigenvalue weighted by Gasteiger charge is -2.23. The van der Waals surface area contributed by atoms with Crippen LogP contribution in [0.15, 0.2) is 54.9 Å². The molecule has 1 aromatic carbocycles. The number of ether oxygens (including phenoxy) is 2. The number of hydrogen-bond donors (Lipinski definition) is 0. The largest absolute Gasteiger partial charge is 0.487 e. The van der Waals surface area contributed by atoms with Crippen LogP contribution < -0.4 is 4.74 Å². The Labute approximate surface area is 131 Å². The van der Waals surface area contributed by atoms with Gasteiger partial charge in [-0.15, -0.1) is 0 Å². The first-order chi connectivity index (χ1) is 10.8. The number of methoxy groups -OCH3 is 1. The molecule has 1 aromatic heterocycles. The first-order valence-corrected chi connectivity index (χ1v) is 7.72. The predicted octanol–water partition coefficient (Wildman–Crippen LogP) is 2.92. The molecule has 0 aliphatic carbocycles. The maximum Gasteiger partial charge on any atom is 0.138 e. The summed E-state index contributed by atoms with van der Waals surface area (Å²) in [7, 11) is 1.78. The minimum atomic E-state index is 0.110. The van der Waals surface area contributed by atoms with Crippen LogP contribution in [0.1, 0.15) is 18.1 Å². The van der Waals surface area contributed by atoms with Gasteiger partial charge in [-0.3, -0.25) is 9.88 Å². The summed E-state index contributed by atoms with van der Waals surface area (Å²) in [6.45, 7) is 2.87. The Balaban J connectivity index is 1.54. The van der Waals surface area contributed by atoms with Gasteiger partial charge in [-0.2, -0.15) is 0 Å². The molecule has 2 aromatic rings. The van der Waals surface area contributed by atoms with Crippen molar-refractivity contribution in [3.05, 3.63) is 60.4 Å². The molecule has 22 heavy (non-hydrogen) atoms. The van der Waals surface area contributed by atoms with Gasteiger partial charge in [0.15, 0.2) is 0 Å². The molecule has 0 radical (unpaired) electrons. The summed E-state index contributed by atoms with van der Waals surface area (Å²) in [5, 5.41) is 0. The van der Waals surface area contributed by atoms with Gasteiger partial charge in [-0.05, 0) is 24.1 Å². The Bertz CT molecular complexity index is 562. The average molecular weight is 298 g/mol. The van der Waals surface area contributed by atoms with E-state index in [1.165, 1.54) is 5.56 Å². The van der Waals surface area contributed by atoms with Crippen molar-refractivity contribution in [2.45, 2.75) is 18.6 Å². The highest BCUT2D eigenvalue weighted by Gasteiger charge is 2.26. The zero-order valence-electron chi connectivity index (χ0n) is 12.9. The number of pyridine rings is 1. The molecule has 0 bridgehead atoms. The third-order valence-electron chi connectivity index (χ3n) is 4.05. The van der Waals surface area contributed by atoms with Gasteiger partial charge in [0.1, 0.15) is 11.9 Å². The zero-order valence-corrected chi connectivity index (χ0v) is 12.9. The molecule has 0 unspecified atom stereocenters. The highest BCUT2D eigenvalue weighted by molar-refractivity contribution is 5.18. The molecule has 2 atom stereocenters. The fourth-order valence-corrected chi connectivity index (χ4v) is 2.89. The number of aromatic nitrogens is 1. The first kappa shape index (κ1) is 15.0. The Morgan fingerprint density at radius 2 is 2.09 bits per heavy atom. The second-order valence-corrected chi connectivity index (χ2v) is 5.61. The summed E-state index contributed by atoms with van der Waals surface area (Å²) < 4.78 is 11.6. The molecule has 0 saturated carbocycles. The third kappa shape index (κ3) is 3.84. The molecule has 0 N–H and O–H groups in total. The number of rotatable bonds is 6. The number of hydrogen-bond acceptors (Lipinski definition) is 4. The van der Waals surface area contributed by atoms with Crippen LogP contribution in [0.5, 0.6) is 5.75 Å². The van der Waals surface area contributed by atoms with Crippen LogP contribution in [-0.4, -0.2) is 42.7 Å². The summed E-state index contributed by atoms with van der Waals surface area (Å²) >= 11 is 0. The van der Waals surface area contributed by atoms with Crippen LogP contribution in [0.2, 0.25) is 0 Å². The highest BCUT2D eigenvalue weighted by atomic mass is 16.5. The maximum absolute atomic E-state index is 5.98. The van der Waals surface area contributed by atoms with Crippen molar-refractivity contribution in [3.63, 3.8) is 0 Å². The van der Waals surface area contributed by atoms with E-state index in [0.29, 0.717) is 0 Å². The molecule has 1 fully saturated rings. The number of nitrogens with zero attached hydrogens (tertiary/aromatic N) is 2. The summed E-state index contributed by atoms with van der Waals surface area (Å²) in [4.78, 5) is 6.49. The van der Waals surface area contributed by atoms with E-state index in [4.69, 9.17) is 9.47 Å². The van der Waals surface area contributed by atoms with Gasteiger partial charge in [0.05, 0.1) is 12.3 Å². The van der Waals surface area contributed by atoms with Gasteiger partial charge in [0.25, 0.3) is 0 Å². The van der Waals surface area contributed by atoms with Crippen molar-refractivity contribution in [2.24, 2.45) is 0 Å². The molecule has 116 valence electrons. The fraction of sp³-hybridized carbons (Fsp3) is 0.389. The van der Waals surface area contributed by atoms with Crippen LogP contribution >= 0.6 is 0 Å². The number of likely N-dealkylation sites (tertiary alicyclic amines) is 1. The normalized spacial score (nSPS) is 20.0. The molecular weight excluding hydrogens is 276 g/mol. The van der Waals surface area contributed by atoms with E-state index in [0.717, 1.165) is 31.8 Å². The lowest BCUT2D eigenvalue weighted by molar-refractivity contribution is 0.0673. The maximum atomic E-state index is 5.98. The minimum Gasteiger partial charge on any atom is -0.487 e. The molecule has 1 saturated heterocycles. The van der Waals surface area contributed by atoms with E-state index in [-0.39, 0.29) is 12.2 Å².